The van der Waals surface area contributed by atoms with Gasteiger partial charge in [0, 0.05) is 62.5 Å². The molecule has 7 rings (SSSR count). The highest BCUT2D eigenvalue weighted by molar-refractivity contribution is 6.27. The Balaban J connectivity index is 1.09. The molecule has 9 nitrogen and oxygen atoms in total. The number of likely N-dealkylation sites (tertiary alicyclic amines) is 1. The molecular formula is C30H30F3N5O4. The minimum Gasteiger partial charge on any atom is -0.369 e. The lowest BCUT2D eigenvalue weighted by molar-refractivity contribution is -0.195. The number of anilines is 1. The van der Waals surface area contributed by atoms with Gasteiger partial charge in [0.2, 0.25) is 11.8 Å². The number of halogens is 3. The largest absolute Gasteiger partial charge is 0.395 e. The molecule has 3 amide bonds. The van der Waals surface area contributed by atoms with Crippen LogP contribution >= 0.6 is 0 Å². The second-order valence-electron chi connectivity index (χ2n) is 12.1. The smallest absolute Gasteiger partial charge is 0.369 e. The van der Waals surface area contributed by atoms with Crippen LogP contribution in [0.15, 0.2) is 42.7 Å². The minimum absolute atomic E-state index is 0.0224. The van der Waals surface area contributed by atoms with Crippen LogP contribution in [0.4, 0.5) is 18.9 Å². The van der Waals surface area contributed by atoms with Gasteiger partial charge in [0.25, 0.3) is 5.91 Å². The fourth-order valence-corrected chi connectivity index (χ4v) is 6.77. The van der Waals surface area contributed by atoms with Crippen molar-refractivity contribution in [2.75, 3.05) is 24.5 Å². The lowest BCUT2D eigenvalue weighted by Gasteiger charge is -2.39. The van der Waals surface area contributed by atoms with Crippen LogP contribution in [0.5, 0.6) is 0 Å². The Labute approximate surface area is 239 Å². The van der Waals surface area contributed by atoms with Gasteiger partial charge in [-0.25, -0.2) is 4.68 Å². The van der Waals surface area contributed by atoms with Crippen molar-refractivity contribution in [2.45, 2.75) is 62.9 Å². The Morgan fingerprint density at radius 1 is 1.05 bits per heavy atom. The number of rotatable bonds is 6. The quantitative estimate of drug-likeness (QED) is 0.432. The van der Waals surface area contributed by atoms with E-state index in [0.29, 0.717) is 30.8 Å². The minimum atomic E-state index is -4.20. The summed E-state index contributed by atoms with van der Waals surface area (Å²) in [6.07, 6.45) is 1.05. The Kier molecular flexibility index (Phi) is 6.04. The molecule has 42 heavy (non-hydrogen) atoms. The highest BCUT2D eigenvalue weighted by Gasteiger charge is 2.63. The molecule has 3 aliphatic heterocycles. The molecule has 220 valence electrons. The van der Waals surface area contributed by atoms with Crippen molar-refractivity contribution in [3.05, 3.63) is 59.4 Å². The van der Waals surface area contributed by atoms with Gasteiger partial charge in [-0.1, -0.05) is 18.2 Å². The maximum Gasteiger partial charge on any atom is 0.395 e. The normalized spacial score (nSPS) is 23.5. The van der Waals surface area contributed by atoms with Crippen LogP contribution in [0, 0.1) is 5.41 Å². The molecule has 1 atom stereocenters. The summed E-state index contributed by atoms with van der Waals surface area (Å²) >= 11 is 0. The predicted molar refractivity (Wildman–Crippen MR) is 146 cm³/mol. The molecule has 4 heterocycles. The van der Waals surface area contributed by atoms with Crippen molar-refractivity contribution in [1.29, 1.82) is 0 Å². The fraction of sp³-hybridized carbons (Fsp3) is 0.467. The number of piperidine rings is 2. The van der Waals surface area contributed by atoms with Crippen LogP contribution in [0.2, 0.25) is 0 Å². The van der Waals surface area contributed by atoms with Crippen LogP contribution in [0.25, 0.3) is 10.8 Å². The number of hydrogen-bond donors (Lipinski definition) is 2. The van der Waals surface area contributed by atoms with E-state index in [4.69, 9.17) is 0 Å². The molecule has 4 aliphatic rings. The summed E-state index contributed by atoms with van der Waals surface area (Å²) in [5.41, 5.74) is 0.0533. The average molecular weight is 582 g/mol. The third-order valence-corrected chi connectivity index (χ3v) is 9.43. The van der Waals surface area contributed by atoms with E-state index in [9.17, 15) is 32.7 Å². The van der Waals surface area contributed by atoms with Gasteiger partial charge in [-0.15, -0.1) is 0 Å². The van der Waals surface area contributed by atoms with Crippen molar-refractivity contribution in [3.8, 4) is 0 Å². The van der Waals surface area contributed by atoms with E-state index in [1.165, 1.54) is 9.58 Å². The topological polar surface area (TPSA) is 108 Å². The molecule has 1 aliphatic carbocycles. The molecule has 1 unspecified atom stereocenters. The molecule has 1 aromatic heterocycles. The summed E-state index contributed by atoms with van der Waals surface area (Å²) in [6, 6.07) is 8.46. The molecule has 12 heteroatoms. The van der Waals surface area contributed by atoms with Gasteiger partial charge < -0.3 is 10.0 Å². The molecule has 3 fully saturated rings. The van der Waals surface area contributed by atoms with E-state index in [-0.39, 0.29) is 56.9 Å². The van der Waals surface area contributed by atoms with Gasteiger partial charge >= 0.3 is 6.18 Å². The number of nitrogens with one attached hydrogen (secondary N) is 1. The molecule has 1 saturated carbocycles. The van der Waals surface area contributed by atoms with Crippen LogP contribution in [-0.4, -0.2) is 69.4 Å². The van der Waals surface area contributed by atoms with Gasteiger partial charge in [-0.2, -0.15) is 18.3 Å². The first kappa shape index (κ1) is 27.1. The number of carbonyl (C=O) groups is 3. The summed E-state index contributed by atoms with van der Waals surface area (Å²) < 4.78 is 41.7. The number of aliphatic hydroxyl groups is 1. The number of carbonyl (C=O) groups excluding carboxylic acids is 3. The first-order chi connectivity index (χ1) is 20.0. The van der Waals surface area contributed by atoms with E-state index in [2.05, 4.69) is 10.4 Å². The summed E-state index contributed by atoms with van der Waals surface area (Å²) in [4.78, 5) is 40.9. The van der Waals surface area contributed by atoms with Crippen molar-refractivity contribution < 1.29 is 32.7 Å². The number of benzene rings is 2. The second kappa shape index (κ2) is 9.37. The Bertz CT molecular complexity index is 1620. The third-order valence-electron chi connectivity index (χ3n) is 9.43. The standard InChI is InChI=1S/C30H30F3N5O4/c31-30(32,33)28(8-9-28)17-36-12-10-29(42,11-13-36)37-16-18(15-34-37)14-19-4-5-22-25-20(19)2-1-3-21(25)27(41)38(22)23-6-7-24(39)35-26(23)40/h1-5,15-16,23,42H,6-14,17H2,(H,35,39,40). The van der Waals surface area contributed by atoms with Gasteiger partial charge in [-0.3, -0.25) is 24.6 Å². The Morgan fingerprint density at radius 3 is 2.50 bits per heavy atom. The van der Waals surface area contributed by atoms with Gasteiger partial charge in [-0.05, 0) is 47.9 Å². The van der Waals surface area contributed by atoms with Gasteiger partial charge in [0.05, 0.1) is 17.3 Å². The van der Waals surface area contributed by atoms with E-state index in [0.717, 1.165) is 21.9 Å². The Hall–Kier alpha value is -3.77. The second-order valence-corrected chi connectivity index (χ2v) is 12.1. The lowest BCUT2D eigenvalue weighted by atomic mass is 9.96. The zero-order valence-corrected chi connectivity index (χ0v) is 22.8. The highest BCUT2D eigenvalue weighted by Crippen LogP contribution is 2.58. The van der Waals surface area contributed by atoms with E-state index < -0.39 is 29.3 Å². The van der Waals surface area contributed by atoms with Crippen LogP contribution < -0.4 is 10.2 Å². The molecular weight excluding hydrogens is 551 g/mol. The third kappa shape index (κ3) is 4.30. The number of amides is 3. The van der Waals surface area contributed by atoms with E-state index in [1.54, 1.807) is 29.4 Å². The molecule has 2 N–H and O–H groups in total. The first-order valence-corrected chi connectivity index (χ1v) is 14.3. The number of imide groups is 1. The SMILES string of the molecule is O=C1CCC(N2C(=O)c3cccc4c(Cc5cnn(C6(O)CCN(CC7(C(F)(F)F)CC7)CC6)c5)ccc2c34)C(=O)N1. The highest BCUT2D eigenvalue weighted by atomic mass is 19.4. The van der Waals surface area contributed by atoms with Gasteiger partial charge in [0.15, 0.2) is 5.72 Å². The molecule has 2 saturated heterocycles. The zero-order valence-electron chi connectivity index (χ0n) is 22.8. The zero-order chi connectivity index (χ0) is 29.4. The number of nitrogens with zero attached hydrogens (tertiary/aromatic N) is 4. The summed E-state index contributed by atoms with van der Waals surface area (Å²) in [6.45, 7) is 0.692. The number of aromatic nitrogens is 2. The number of alkyl halides is 3. The van der Waals surface area contributed by atoms with E-state index >= 15 is 0 Å². The number of hydrogen-bond acceptors (Lipinski definition) is 6. The Morgan fingerprint density at radius 2 is 1.81 bits per heavy atom. The summed E-state index contributed by atoms with van der Waals surface area (Å²) in [5, 5.41) is 19.7. The lowest BCUT2D eigenvalue weighted by Crippen LogP contribution is -2.53. The maximum absolute atomic E-state index is 13.4. The fourth-order valence-electron chi connectivity index (χ4n) is 6.77. The monoisotopic (exact) mass is 581 g/mol. The molecule has 3 aromatic rings. The van der Waals surface area contributed by atoms with Crippen LogP contribution in [0.1, 0.15) is 60.0 Å². The van der Waals surface area contributed by atoms with E-state index in [1.807, 2.05) is 18.2 Å². The van der Waals surface area contributed by atoms with Crippen molar-refractivity contribution in [2.24, 2.45) is 5.41 Å². The van der Waals surface area contributed by atoms with Crippen LogP contribution in [-0.2, 0) is 21.7 Å². The molecule has 2 aromatic carbocycles. The van der Waals surface area contributed by atoms with Crippen molar-refractivity contribution in [1.82, 2.24) is 20.0 Å². The van der Waals surface area contributed by atoms with Crippen molar-refractivity contribution >= 4 is 34.2 Å². The average Bonchev–Trinajstić information content (AvgIpc) is 3.50. The molecule has 0 radical (unpaired) electrons. The molecule has 0 bridgehead atoms. The summed E-state index contributed by atoms with van der Waals surface area (Å²) in [5.74, 6) is -1.09. The molecule has 0 spiro atoms. The maximum atomic E-state index is 13.4. The summed E-state index contributed by atoms with van der Waals surface area (Å²) in [7, 11) is 0. The van der Waals surface area contributed by atoms with Crippen molar-refractivity contribution in [3.63, 3.8) is 0 Å². The first-order valence-electron chi connectivity index (χ1n) is 14.3. The van der Waals surface area contributed by atoms with Crippen LogP contribution in [0.3, 0.4) is 0 Å². The predicted octanol–water partition coefficient (Wildman–Crippen LogP) is 3.48. The van der Waals surface area contributed by atoms with Gasteiger partial charge in [0.1, 0.15) is 6.04 Å².